The van der Waals surface area contributed by atoms with E-state index in [0.29, 0.717) is 5.76 Å². The van der Waals surface area contributed by atoms with Crippen LogP contribution in [0.15, 0.2) is 46.9 Å². The molecule has 1 aromatic heterocycles. The second-order valence-electron chi connectivity index (χ2n) is 6.48. The van der Waals surface area contributed by atoms with E-state index in [1.54, 1.807) is 7.11 Å². The van der Waals surface area contributed by atoms with Gasteiger partial charge >= 0.3 is 0 Å². The largest absolute Gasteiger partial charge is 0.497 e. The molecule has 0 spiro atoms. The van der Waals surface area contributed by atoms with Crippen molar-refractivity contribution in [3.63, 3.8) is 0 Å². The summed E-state index contributed by atoms with van der Waals surface area (Å²) in [6.45, 7) is 3.37. The zero-order valence-electron chi connectivity index (χ0n) is 14.5. The molecular formula is C21H21NO3. The molecule has 3 aromatic rings. The standard InChI is InChI=1S/C21H21NO3/c1-14-18-13-17(24-2)7-8-19(18)25-20(14)21(23)22-11-9-15-5-3-4-6-16(15)10-12-22/h3-8,13H,9-12H2,1-2H3. The van der Waals surface area contributed by atoms with E-state index in [1.807, 2.05) is 30.0 Å². The van der Waals surface area contributed by atoms with Crippen LogP contribution in [0.5, 0.6) is 5.75 Å². The molecule has 4 rings (SSSR count). The topological polar surface area (TPSA) is 42.7 Å². The first kappa shape index (κ1) is 15.8. The molecule has 0 unspecified atom stereocenters. The van der Waals surface area contributed by atoms with Crippen molar-refractivity contribution in [2.24, 2.45) is 0 Å². The highest BCUT2D eigenvalue weighted by molar-refractivity contribution is 5.99. The van der Waals surface area contributed by atoms with Crippen molar-refractivity contribution in [1.29, 1.82) is 0 Å². The number of rotatable bonds is 2. The molecule has 128 valence electrons. The number of hydrogen-bond acceptors (Lipinski definition) is 3. The molecule has 2 aromatic carbocycles. The number of methoxy groups -OCH3 is 1. The molecule has 2 heterocycles. The van der Waals surface area contributed by atoms with E-state index in [0.717, 1.165) is 48.2 Å². The van der Waals surface area contributed by atoms with E-state index in [1.165, 1.54) is 11.1 Å². The summed E-state index contributed by atoms with van der Waals surface area (Å²) in [7, 11) is 1.64. The van der Waals surface area contributed by atoms with Gasteiger partial charge in [0.2, 0.25) is 0 Å². The molecule has 25 heavy (non-hydrogen) atoms. The Hall–Kier alpha value is -2.75. The summed E-state index contributed by atoms with van der Waals surface area (Å²) in [6, 6.07) is 14.1. The SMILES string of the molecule is COc1ccc2oc(C(=O)N3CCc4ccccc4CC3)c(C)c2c1. The summed E-state index contributed by atoms with van der Waals surface area (Å²) in [5.41, 5.74) is 4.27. The lowest BCUT2D eigenvalue weighted by Crippen LogP contribution is -2.33. The van der Waals surface area contributed by atoms with Gasteiger partial charge in [-0.1, -0.05) is 24.3 Å². The normalized spacial score (nSPS) is 14.2. The van der Waals surface area contributed by atoms with Crippen LogP contribution >= 0.6 is 0 Å². The van der Waals surface area contributed by atoms with Gasteiger partial charge in [-0.25, -0.2) is 0 Å². The van der Waals surface area contributed by atoms with E-state index >= 15 is 0 Å². The molecule has 4 heteroatoms. The number of carbonyl (C=O) groups excluding carboxylic acids is 1. The van der Waals surface area contributed by atoms with Crippen LogP contribution in [-0.4, -0.2) is 31.0 Å². The molecule has 0 bridgehead atoms. The lowest BCUT2D eigenvalue weighted by molar-refractivity contribution is 0.0732. The Morgan fingerprint density at radius 3 is 2.40 bits per heavy atom. The van der Waals surface area contributed by atoms with Crippen LogP contribution in [0.4, 0.5) is 0 Å². The Morgan fingerprint density at radius 2 is 1.76 bits per heavy atom. The zero-order chi connectivity index (χ0) is 17.4. The Bertz CT molecular complexity index is 914. The van der Waals surface area contributed by atoms with Crippen LogP contribution in [0.2, 0.25) is 0 Å². The lowest BCUT2D eigenvalue weighted by Gasteiger charge is -2.19. The van der Waals surface area contributed by atoms with E-state index in [2.05, 4.69) is 24.3 Å². The summed E-state index contributed by atoms with van der Waals surface area (Å²) in [6.07, 6.45) is 1.77. The van der Waals surface area contributed by atoms with Crippen LogP contribution in [-0.2, 0) is 12.8 Å². The molecule has 0 N–H and O–H groups in total. The maximum atomic E-state index is 13.0. The molecule has 0 saturated heterocycles. The van der Waals surface area contributed by atoms with Crippen LogP contribution < -0.4 is 4.74 Å². The Kier molecular flexibility index (Phi) is 3.96. The predicted molar refractivity (Wildman–Crippen MR) is 97.3 cm³/mol. The van der Waals surface area contributed by atoms with Crippen molar-refractivity contribution in [2.75, 3.05) is 20.2 Å². The predicted octanol–water partition coefficient (Wildman–Crippen LogP) is 3.99. The number of carbonyl (C=O) groups is 1. The van der Waals surface area contributed by atoms with E-state index in [9.17, 15) is 4.79 Å². The van der Waals surface area contributed by atoms with Gasteiger partial charge in [-0.05, 0) is 49.1 Å². The third-order valence-corrected chi connectivity index (χ3v) is 5.05. The first-order valence-electron chi connectivity index (χ1n) is 8.60. The van der Waals surface area contributed by atoms with Gasteiger partial charge in [0.05, 0.1) is 7.11 Å². The molecule has 1 aliphatic heterocycles. The number of fused-ring (bicyclic) bond motifs is 2. The van der Waals surface area contributed by atoms with Crippen LogP contribution in [0.25, 0.3) is 11.0 Å². The fourth-order valence-corrected chi connectivity index (χ4v) is 3.55. The molecule has 0 atom stereocenters. The second kappa shape index (κ2) is 6.28. The van der Waals surface area contributed by atoms with E-state index < -0.39 is 0 Å². The van der Waals surface area contributed by atoms with Crippen molar-refractivity contribution < 1.29 is 13.9 Å². The highest BCUT2D eigenvalue weighted by Crippen LogP contribution is 2.30. The molecule has 4 nitrogen and oxygen atoms in total. The zero-order valence-corrected chi connectivity index (χ0v) is 14.5. The van der Waals surface area contributed by atoms with Gasteiger partial charge in [-0.2, -0.15) is 0 Å². The molecule has 0 saturated carbocycles. The summed E-state index contributed by atoms with van der Waals surface area (Å²) in [5, 5.41) is 0.931. The van der Waals surface area contributed by atoms with Gasteiger partial charge in [0.15, 0.2) is 5.76 Å². The summed E-state index contributed by atoms with van der Waals surface area (Å²) in [4.78, 5) is 15.0. The second-order valence-corrected chi connectivity index (χ2v) is 6.48. The Balaban J connectivity index is 1.63. The van der Waals surface area contributed by atoms with Gasteiger partial charge in [0.1, 0.15) is 11.3 Å². The number of hydrogen-bond donors (Lipinski definition) is 0. The summed E-state index contributed by atoms with van der Waals surface area (Å²) < 4.78 is 11.2. The van der Waals surface area contributed by atoms with Gasteiger partial charge in [-0.3, -0.25) is 4.79 Å². The minimum Gasteiger partial charge on any atom is -0.497 e. The smallest absolute Gasteiger partial charge is 0.289 e. The minimum atomic E-state index is -0.0273. The fraction of sp³-hybridized carbons (Fsp3) is 0.286. The van der Waals surface area contributed by atoms with Crippen LogP contribution in [0.3, 0.4) is 0 Å². The fourth-order valence-electron chi connectivity index (χ4n) is 3.55. The number of nitrogens with zero attached hydrogens (tertiary/aromatic N) is 1. The third-order valence-electron chi connectivity index (χ3n) is 5.05. The van der Waals surface area contributed by atoms with E-state index in [-0.39, 0.29) is 5.91 Å². The molecule has 1 amide bonds. The maximum absolute atomic E-state index is 13.0. The Labute approximate surface area is 147 Å². The van der Waals surface area contributed by atoms with Crippen molar-refractivity contribution in [3.05, 3.63) is 64.9 Å². The molecule has 1 aliphatic rings. The first-order valence-corrected chi connectivity index (χ1v) is 8.60. The minimum absolute atomic E-state index is 0.0273. The molecule has 0 aliphatic carbocycles. The number of aryl methyl sites for hydroxylation is 1. The number of benzene rings is 2. The molecular weight excluding hydrogens is 314 g/mol. The van der Waals surface area contributed by atoms with E-state index in [4.69, 9.17) is 9.15 Å². The lowest BCUT2D eigenvalue weighted by atomic mass is 10.0. The highest BCUT2D eigenvalue weighted by atomic mass is 16.5. The van der Waals surface area contributed by atoms with Crippen molar-refractivity contribution in [3.8, 4) is 5.75 Å². The third kappa shape index (κ3) is 2.78. The van der Waals surface area contributed by atoms with Crippen molar-refractivity contribution in [2.45, 2.75) is 19.8 Å². The number of furan rings is 1. The number of amides is 1. The average Bonchev–Trinajstić information content (AvgIpc) is 2.83. The van der Waals surface area contributed by atoms with Crippen LogP contribution in [0.1, 0.15) is 27.2 Å². The molecule has 0 fully saturated rings. The van der Waals surface area contributed by atoms with Gasteiger partial charge < -0.3 is 14.1 Å². The monoisotopic (exact) mass is 335 g/mol. The average molecular weight is 335 g/mol. The van der Waals surface area contributed by atoms with Gasteiger partial charge in [0.25, 0.3) is 5.91 Å². The van der Waals surface area contributed by atoms with Gasteiger partial charge in [0, 0.05) is 24.0 Å². The maximum Gasteiger partial charge on any atom is 0.289 e. The van der Waals surface area contributed by atoms with Gasteiger partial charge in [-0.15, -0.1) is 0 Å². The summed E-state index contributed by atoms with van der Waals surface area (Å²) >= 11 is 0. The Morgan fingerprint density at radius 1 is 1.08 bits per heavy atom. The first-order chi connectivity index (χ1) is 12.2. The molecule has 0 radical (unpaired) electrons. The quantitative estimate of drug-likeness (QED) is 0.711. The van der Waals surface area contributed by atoms with Crippen molar-refractivity contribution >= 4 is 16.9 Å². The van der Waals surface area contributed by atoms with Crippen LogP contribution in [0, 0.1) is 6.92 Å². The highest BCUT2D eigenvalue weighted by Gasteiger charge is 2.25. The summed E-state index contributed by atoms with van der Waals surface area (Å²) in [5.74, 6) is 1.18. The van der Waals surface area contributed by atoms with Crippen molar-refractivity contribution in [1.82, 2.24) is 4.90 Å². The number of ether oxygens (including phenoxy) is 1.